The molecule has 4 N–H and O–H groups in total. The summed E-state index contributed by atoms with van der Waals surface area (Å²) in [6.07, 6.45) is 3.70. The van der Waals surface area contributed by atoms with E-state index in [4.69, 9.17) is 4.74 Å². The largest absolute Gasteiger partial charge is 0.496 e. The Labute approximate surface area is 179 Å². The SMILES string of the molecule is COc1ccc(F)cc1-c1ccnc2[nH]c(C3CCN(CC4NNC(=O)N4)CC3)cc12. The predicted molar refractivity (Wildman–Crippen MR) is 115 cm³/mol. The van der Waals surface area contributed by atoms with E-state index in [0.29, 0.717) is 11.7 Å². The number of nitrogens with one attached hydrogen (secondary N) is 4. The number of likely N-dealkylation sites (tertiary alicyclic amines) is 1. The third kappa shape index (κ3) is 3.94. The molecule has 2 aliphatic heterocycles. The lowest BCUT2D eigenvalue weighted by Crippen LogP contribution is -2.46. The maximum atomic E-state index is 14.0. The lowest BCUT2D eigenvalue weighted by Gasteiger charge is -2.32. The van der Waals surface area contributed by atoms with Gasteiger partial charge in [0.1, 0.15) is 23.4 Å². The van der Waals surface area contributed by atoms with Crippen molar-refractivity contribution < 1.29 is 13.9 Å². The molecule has 31 heavy (non-hydrogen) atoms. The van der Waals surface area contributed by atoms with Crippen molar-refractivity contribution >= 4 is 17.1 Å². The maximum Gasteiger partial charge on any atom is 0.330 e. The predicted octanol–water partition coefficient (Wildman–Crippen LogP) is 2.70. The molecule has 2 aliphatic rings. The van der Waals surface area contributed by atoms with Gasteiger partial charge in [0.05, 0.1) is 7.11 Å². The number of carbonyl (C=O) groups excluding carboxylic acids is 1. The molecule has 0 bridgehead atoms. The van der Waals surface area contributed by atoms with Gasteiger partial charge in [-0.2, -0.15) is 0 Å². The molecule has 2 amide bonds. The highest BCUT2D eigenvalue weighted by Gasteiger charge is 2.27. The second-order valence-electron chi connectivity index (χ2n) is 8.06. The zero-order chi connectivity index (χ0) is 21.4. The molecule has 2 aromatic heterocycles. The van der Waals surface area contributed by atoms with Crippen LogP contribution >= 0.6 is 0 Å². The number of piperidine rings is 1. The van der Waals surface area contributed by atoms with Gasteiger partial charge in [-0.3, -0.25) is 10.3 Å². The van der Waals surface area contributed by atoms with Crippen LogP contribution in [-0.4, -0.2) is 53.8 Å². The average Bonchev–Trinajstić information content (AvgIpc) is 3.40. The van der Waals surface area contributed by atoms with Crippen molar-refractivity contribution in [1.29, 1.82) is 0 Å². The number of nitrogens with zero attached hydrogens (tertiary/aromatic N) is 2. The third-order valence-electron chi connectivity index (χ3n) is 6.14. The van der Waals surface area contributed by atoms with Crippen molar-refractivity contribution in [2.24, 2.45) is 0 Å². The summed E-state index contributed by atoms with van der Waals surface area (Å²) >= 11 is 0. The number of methoxy groups -OCH3 is 1. The van der Waals surface area contributed by atoms with Gasteiger partial charge in [0, 0.05) is 35.3 Å². The van der Waals surface area contributed by atoms with E-state index in [0.717, 1.165) is 60.3 Å². The van der Waals surface area contributed by atoms with Crippen LogP contribution in [0.5, 0.6) is 5.75 Å². The Bertz CT molecular complexity index is 1110. The monoisotopic (exact) mass is 424 g/mol. The Balaban J connectivity index is 1.35. The number of rotatable bonds is 5. The molecule has 3 aromatic rings. The molecule has 0 aliphatic carbocycles. The maximum absolute atomic E-state index is 14.0. The summed E-state index contributed by atoms with van der Waals surface area (Å²) in [6.45, 7) is 2.67. The Hall–Kier alpha value is -3.17. The van der Waals surface area contributed by atoms with Crippen molar-refractivity contribution in [3.05, 3.63) is 48.0 Å². The average molecular weight is 424 g/mol. The second kappa shape index (κ2) is 8.16. The van der Waals surface area contributed by atoms with Gasteiger partial charge < -0.3 is 15.0 Å². The van der Waals surface area contributed by atoms with E-state index in [1.807, 2.05) is 6.07 Å². The van der Waals surface area contributed by atoms with Gasteiger partial charge in [-0.15, -0.1) is 0 Å². The molecule has 1 unspecified atom stereocenters. The van der Waals surface area contributed by atoms with E-state index in [2.05, 4.69) is 37.1 Å². The zero-order valence-electron chi connectivity index (χ0n) is 17.2. The van der Waals surface area contributed by atoms with Crippen LogP contribution in [0.4, 0.5) is 9.18 Å². The first-order chi connectivity index (χ1) is 15.1. The molecular weight excluding hydrogens is 399 g/mol. The van der Waals surface area contributed by atoms with Crippen LogP contribution in [0.25, 0.3) is 22.2 Å². The molecule has 9 heteroatoms. The first-order valence-corrected chi connectivity index (χ1v) is 10.5. The number of benzene rings is 1. The summed E-state index contributed by atoms with van der Waals surface area (Å²) in [5.74, 6) is 0.732. The molecule has 2 fully saturated rings. The van der Waals surface area contributed by atoms with E-state index in [1.165, 1.54) is 12.1 Å². The van der Waals surface area contributed by atoms with E-state index in [9.17, 15) is 9.18 Å². The summed E-state index contributed by atoms with van der Waals surface area (Å²) in [5, 5.41) is 3.81. The van der Waals surface area contributed by atoms with Crippen LogP contribution in [0.2, 0.25) is 0 Å². The van der Waals surface area contributed by atoms with Gasteiger partial charge in [-0.05, 0) is 61.8 Å². The van der Waals surface area contributed by atoms with Gasteiger partial charge in [0.2, 0.25) is 0 Å². The highest BCUT2D eigenvalue weighted by Crippen LogP contribution is 2.37. The van der Waals surface area contributed by atoms with Crippen LogP contribution in [-0.2, 0) is 0 Å². The molecule has 1 aromatic carbocycles. The summed E-state index contributed by atoms with van der Waals surface area (Å²) < 4.78 is 19.4. The number of H-pyrrole nitrogens is 1. The molecule has 8 nitrogen and oxygen atoms in total. The molecule has 1 atom stereocenters. The number of urea groups is 1. The molecule has 162 valence electrons. The summed E-state index contributed by atoms with van der Waals surface area (Å²) in [4.78, 5) is 21.6. The standard InChI is InChI=1S/C22H25FN6O2/c1-31-19-3-2-14(23)10-16(19)15-4-7-24-21-17(15)11-18(25-21)13-5-8-29(9-6-13)12-20-26-22(30)28-27-20/h2-4,7,10-11,13,20,27H,5-6,8-9,12H2,1H3,(H,24,25)(H2,26,28,30). The lowest BCUT2D eigenvalue weighted by atomic mass is 9.93. The first-order valence-electron chi connectivity index (χ1n) is 10.5. The third-order valence-corrected chi connectivity index (χ3v) is 6.14. The van der Waals surface area contributed by atoms with Crippen molar-refractivity contribution in [2.75, 3.05) is 26.7 Å². The molecule has 0 spiro atoms. The van der Waals surface area contributed by atoms with E-state index in [1.54, 1.807) is 19.4 Å². The van der Waals surface area contributed by atoms with Crippen molar-refractivity contribution in [3.8, 4) is 16.9 Å². The lowest BCUT2D eigenvalue weighted by molar-refractivity contribution is 0.188. The van der Waals surface area contributed by atoms with Gasteiger partial charge in [0.25, 0.3) is 0 Å². The summed E-state index contributed by atoms with van der Waals surface area (Å²) in [7, 11) is 1.59. The Morgan fingerprint density at radius 2 is 2.03 bits per heavy atom. The van der Waals surface area contributed by atoms with Crippen molar-refractivity contribution in [3.63, 3.8) is 0 Å². The quantitative estimate of drug-likeness (QED) is 0.505. The second-order valence-corrected chi connectivity index (χ2v) is 8.06. The fourth-order valence-corrected chi connectivity index (χ4v) is 4.55. The number of aromatic amines is 1. The van der Waals surface area contributed by atoms with E-state index < -0.39 is 0 Å². The van der Waals surface area contributed by atoms with Crippen molar-refractivity contribution in [1.82, 2.24) is 31.0 Å². The minimum atomic E-state index is -0.299. The number of ether oxygens (including phenoxy) is 1. The van der Waals surface area contributed by atoms with Gasteiger partial charge in [-0.1, -0.05) is 0 Å². The molecule has 0 radical (unpaired) electrons. The minimum Gasteiger partial charge on any atom is -0.496 e. The Morgan fingerprint density at radius 3 is 2.77 bits per heavy atom. The number of carbonyl (C=O) groups is 1. The topological polar surface area (TPSA) is 94.3 Å². The molecule has 4 heterocycles. The number of hydrogen-bond acceptors (Lipinski definition) is 5. The highest BCUT2D eigenvalue weighted by molar-refractivity contribution is 5.95. The number of fused-ring (bicyclic) bond motifs is 1. The molecule has 0 saturated carbocycles. The summed E-state index contributed by atoms with van der Waals surface area (Å²) in [5.41, 5.74) is 9.08. The van der Waals surface area contributed by atoms with E-state index >= 15 is 0 Å². The zero-order valence-corrected chi connectivity index (χ0v) is 17.2. The fourth-order valence-electron chi connectivity index (χ4n) is 4.55. The van der Waals surface area contributed by atoms with Gasteiger partial charge in [-0.25, -0.2) is 19.6 Å². The number of aromatic nitrogens is 2. The fraction of sp³-hybridized carbons (Fsp3) is 0.364. The molecule has 5 rings (SSSR count). The molecule has 2 saturated heterocycles. The molecular formula is C22H25FN6O2. The van der Waals surface area contributed by atoms with Crippen LogP contribution in [0.1, 0.15) is 24.5 Å². The van der Waals surface area contributed by atoms with E-state index in [-0.39, 0.29) is 18.0 Å². The number of amides is 2. The van der Waals surface area contributed by atoms with Crippen LogP contribution in [0, 0.1) is 5.82 Å². The van der Waals surface area contributed by atoms with Crippen LogP contribution in [0.15, 0.2) is 36.5 Å². The number of hydrogen-bond donors (Lipinski definition) is 4. The highest BCUT2D eigenvalue weighted by atomic mass is 19.1. The van der Waals surface area contributed by atoms with Gasteiger partial charge in [0.15, 0.2) is 0 Å². The first kappa shape index (κ1) is 19.8. The number of pyridine rings is 1. The van der Waals surface area contributed by atoms with Crippen LogP contribution in [0.3, 0.4) is 0 Å². The number of hydrazine groups is 1. The van der Waals surface area contributed by atoms with Crippen molar-refractivity contribution in [2.45, 2.75) is 24.9 Å². The Morgan fingerprint density at radius 1 is 1.19 bits per heavy atom. The minimum absolute atomic E-state index is 0.0647. The number of halogens is 1. The summed E-state index contributed by atoms with van der Waals surface area (Å²) in [6, 6.07) is 8.42. The normalized spacial score (nSPS) is 20.1. The Kier molecular flexibility index (Phi) is 5.21. The van der Waals surface area contributed by atoms with Crippen LogP contribution < -0.4 is 20.9 Å². The van der Waals surface area contributed by atoms with Gasteiger partial charge >= 0.3 is 6.03 Å². The smallest absolute Gasteiger partial charge is 0.330 e.